The van der Waals surface area contributed by atoms with Crippen LogP contribution >= 0.6 is 0 Å². The predicted molar refractivity (Wildman–Crippen MR) is 107 cm³/mol. The SMILES string of the molecule is CN(Cc1nnc(-c2ccccc2)o1)C1CCN(C(=O)c2ccccc2)CC1. The molecule has 0 N–H and O–H groups in total. The second-order valence-corrected chi connectivity index (χ2v) is 7.17. The van der Waals surface area contributed by atoms with E-state index in [0.717, 1.165) is 37.1 Å². The van der Waals surface area contributed by atoms with Crippen LogP contribution in [0.1, 0.15) is 29.1 Å². The van der Waals surface area contributed by atoms with Gasteiger partial charge in [0.15, 0.2) is 0 Å². The van der Waals surface area contributed by atoms with Crippen molar-refractivity contribution in [2.45, 2.75) is 25.4 Å². The highest BCUT2D eigenvalue weighted by Crippen LogP contribution is 2.21. The van der Waals surface area contributed by atoms with Crippen molar-refractivity contribution in [1.82, 2.24) is 20.0 Å². The maximum Gasteiger partial charge on any atom is 0.253 e. The smallest absolute Gasteiger partial charge is 0.253 e. The molecule has 1 amide bonds. The summed E-state index contributed by atoms with van der Waals surface area (Å²) in [4.78, 5) is 16.8. The highest BCUT2D eigenvalue weighted by Gasteiger charge is 2.26. The molecule has 1 aromatic heterocycles. The number of likely N-dealkylation sites (tertiary alicyclic amines) is 1. The van der Waals surface area contributed by atoms with Crippen LogP contribution in [0, 0.1) is 0 Å². The second kappa shape index (κ2) is 8.35. The summed E-state index contributed by atoms with van der Waals surface area (Å²) in [5.41, 5.74) is 1.69. The molecule has 0 bridgehead atoms. The molecule has 0 spiro atoms. The molecule has 1 aliphatic rings. The molecule has 1 saturated heterocycles. The van der Waals surface area contributed by atoms with Gasteiger partial charge in [0.1, 0.15) is 0 Å². The first-order valence-corrected chi connectivity index (χ1v) is 9.63. The molecule has 144 valence electrons. The molecule has 6 heteroatoms. The van der Waals surface area contributed by atoms with E-state index in [1.54, 1.807) is 0 Å². The van der Waals surface area contributed by atoms with Crippen LogP contribution < -0.4 is 0 Å². The minimum Gasteiger partial charge on any atom is -0.419 e. The van der Waals surface area contributed by atoms with E-state index in [0.29, 0.717) is 24.4 Å². The summed E-state index contributed by atoms with van der Waals surface area (Å²) in [6.45, 7) is 2.14. The number of hydrogen-bond acceptors (Lipinski definition) is 5. The molecule has 4 rings (SSSR count). The lowest BCUT2D eigenvalue weighted by Crippen LogP contribution is -2.45. The van der Waals surface area contributed by atoms with Gasteiger partial charge in [-0.1, -0.05) is 36.4 Å². The van der Waals surface area contributed by atoms with Gasteiger partial charge in [0, 0.05) is 30.3 Å². The van der Waals surface area contributed by atoms with Gasteiger partial charge in [-0.3, -0.25) is 9.69 Å². The molecule has 28 heavy (non-hydrogen) atoms. The molecular weight excluding hydrogens is 352 g/mol. The van der Waals surface area contributed by atoms with Crippen LogP contribution in [0.3, 0.4) is 0 Å². The van der Waals surface area contributed by atoms with Crippen LogP contribution in [0.5, 0.6) is 0 Å². The second-order valence-electron chi connectivity index (χ2n) is 7.17. The van der Waals surface area contributed by atoms with Crippen molar-refractivity contribution in [3.05, 3.63) is 72.1 Å². The summed E-state index contributed by atoms with van der Waals surface area (Å²) in [6.07, 6.45) is 1.88. The zero-order chi connectivity index (χ0) is 19.3. The van der Waals surface area contributed by atoms with E-state index in [1.165, 1.54) is 0 Å². The molecule has 0 saturated carbocycles. The van der Waals surface area contributed by atoms with E-state index < -0.39 is 0 Å². The molecule has 2 heterocycles. The van der Waals surface area contributed by atoms with Crippen molar-refractivity contribution in [3.63, 3.8) is 0 Å². The molecule has 1 aliphatic heterocycles. The Labute approximate surface area is 164 Å². The van der Waals surface area contributed by atoms with E-state index >= 15 is 0 Å². The summed E-state index contributed by atoms with van der Waals surface area (Å²) >= 11 is 0. The van der Waals surface area contributed by atoms with E-state index in [9.17, 15) is 4.79 Å². The molecule has 2 aromatic carbocycles. The van der Waals surface area contributed by atoms with Crippen LogP contribution in [0.4, 0.5) is 0 Å². The van der Waals surface area contributed by atoms with Crippen LogP contribution in [0.25, 0.3) is 11.5 Å². The number of carbonyl (C=O) groups is 1. The molecule has 0 unspecified atom stereocenters. The number of hydrogen-bond donors (Lipinski definition) is 0. The van der Waals surface area contributed by atoms with Gasteiger partial charge in [-0.2, -0.15) is 0 Å². The number of nitrogens with zero attached hydrogens (tertiary/aromatic N) is 4. The Morgan fingerprint density at radius 3 is 2.36 bits per heavy atom. The summed E-state index contributed by atoms with van der Waals surface area (Å²) in [5, 5.41) is 8.34. The maximum atomic E-state index is 12.6. The first-order valence-electron chi connectivity index (χ1n) is 9.63. The Kier molecular flexibility index (Phi) is 5.48. The average Bonchev–Trinajstić information content (AvgIpc) is 3.23. The Hall–Kier alpha value is -2.99. The molecule has 6 nitrogen and oxygen atoms in total. The number of carbonyl (C=O) groups excluding carboxylic acids is 1. The zero-order valence-electron chi connectivity index (χ0n) is 16.0. The van der Waals surface area contributed by atoms with Crippen molar-refractivity contribution in [1.29, 1.82) is 0 Å². The fourth-order valence-corrected chi connectivity index (χ4v) is 3.63. The maximum absolute atomic E-state index is 12.6. The number of rotatable bonds is 5. The molecule has 0 atom stereocenters. The number of aromatic nitrogens is 2. The van der Waals surface area contributed by atoms with Gasteiger partial charge in [0.2, 0.25) is 11.8 Å². The summed E-state index contributed by atoms with van der Waals surface area (Å²) < 4.78 is 5.82. The van der Waals surface area contributed by atoms with Gasteiger partial charge in [0.25, 0.3) is 5.91 Å². The Bertz CT molecular complexity index is 903. The van der Waals surface area contributed by atoms with E-state index in [2.05, 4.69) is 22.1 Å². The third-order valence-corrected chi connectivity index (χ3v) is 5.27. The summed E-state index contributed by atoms with van der Waals surface area (Å²) in [6, 6.07) is 19.7. The van der Waals surface area contributed by atoms with Gasteiger partial charge < -0.3 is 9.32 Å². The van der Waals surface area contributed by atoms with Gasteiger partial charge in [-0.05, 0) is 44.2 Å². The lowest BCUT2D eigenvalue weighted by molar-refractivity contribution is 0.0631. The minimum absolute atomic E-state index is 0.117. The van der Waals surface area contributed by atoms with Gasteiger partial charge >= 0.3 is 0 Å². The Morgan fingerprint density at radius 2 is 1.68 bits per heavy atom. The third-order valence-electron chi connectivity index (χ3n) is 5.27. The summed E-state index contributed by atoms with van der Waals surface area (Å²) in [7, 11) is 2.08. The van der Waals surface area contributed by atoms with Crippen molar-refractivity contribution < 1.29 is 9.21 Å². The lowest BCUT2D eigenvalue weighted by atomic mass is 10.0. The average molecular weight is 376 g/mol. The number of amides is 1. The summed E-state index contributed by atoms with van der Waals surface area (Å²) in [5.74, 6) is 1.28. The van der Waals surface area contributed by atoms with Crippen molar-refractivity contribution >= 4 is 5.91 Å². The van der Waals surface area contributed by atoms with E-state index in [-0.39, 0.29) is 5.91 Å². The van der Waals surface area contributed by atoms with Crippen molar-refractivity contribution in [3.8, 4) is 11.5 Å². The van der Waals surface area contributed by atoms with Crippen LogP contribution in [0.2, 0.25) is 0 Å². The highest BCUT2D eigenvalue weighted by atomic mass is 16.4. The third kappa shape index (κ3) is 4.12. The first-order chi connectivity index (χ1) is 13.7. The van der Waals surface area contributed by atoms with E-state index in [4.69, 9.17) is 4.42 Å². The Balaban J connectivity index is 1.31. The minimum atomic E-state index is 0.117. The zero-order valence-corrected chi connectivity index (χ0v) is 16.0. The van der Waals surface area contributed by atoms with Gasteiger partial charge in [0.05, 0.1) is 6.54 Å². The fourth-order valence-electron chi connectivity index (χ4n) is 3.63. The molecule has 3 aromatic rings. The topological polar surface area (TPSA) is 62.5 Å². The van der Waals surface area contributed by atoms with Crippen LogP contribution in [-0.2, 0) is 6.54 Å². The quantitative estimate of drug-likeness (QED) is 0.682. The lowest BCUT2D eigenvalue weighted by Gasteiger charge is -2.36. The number of benzene rings is 2. The van der Waals surface area contributed by atoms with Gasteiger partial charge in [-0.15, -0.1) is 10.2 Å². The normalized spacial score (nSPS) is 15.1. The van der Waals surface area contributed by atoms with Crippen molar-refractivity contribution in [2.24, 2.45) is 0 Å². The highest BCUT2D eigenvalue weighted by molar-refractivity contribution is 5.94. The predicted octanol–water partition coefficient (Wildman–Crippen LogP) is 3.47. The largest absolute Gasteiger partial charge is 0.419 e. The monoisotopic (exact) mass is 376 g/mol. The standard InChI is InChI=1S/C22H24N4O2/c1-25(16-20-23-24-21(28-20)17-8-4-2-5-9-17)19-12-14-26(15-13-19)22(27)18-10-6-3-7-11-18/h2-11,19H,12-16H2,1H3. The van der Waals surface area contributed by atoms with Crippen molar-refractivity contribution in [2.75, 3.05) is 20.1 Å². The number of piperidine rings is 1. The van der Waals surface area contributed by atoms with Crippen LogP contribution in [0.15, 0.2) is 65.1 Å². The Morgan fingerprint density at radius 1 is 1.04 bits per heavy atom. The van der Waals surface area contributed by atoms with E-state index in [1.807, 2.05) is 65.6 Å². The first kappa shape index (κ1) is 18.4. The van der Waals surface area contributed by atoms with Gasteiger partial charge in [-0.25, -0.2) is 0 Å². The fraction of sp³-hybridized carbons (Fsp3) is 0.318. The molecule has 0 aliphatic carbocycles. The molecular formula is C22H24N4O2. The van der Waals surface area contributed by atoms with Crippen LogP contribution in [-0.4, -0.2) is 52.1 Å². The molecule has 0 radical (unpaired) electrons. The molecule has 1 fully saturated rings.